The smallest absolute Gasteiger partial charge is 0.317 e. The molecule has 0 atom stereocenters. The van der Waals surface area contributed by atoms with Gasteiger partial charge in [0.05, 0.1) is 5.92 Å². The number of carbonyl (C=O) groups excluding carboxylic acids is 2. The second kappa shape index (κ2) is 10.1. The van der Waals surface area contributed by atoms with Gasteiger partial charge < -0.3 is 26.0 Å². The number of piperidine rings is 1. The van der Waals surface area contributed by atoms with Crippen molar-refractivity contribution in [3.05, 3.63) is 35.7 Å². The Bertz CT molecular complexity index is 910. The lowest BCUT2D eigenvalue weighted by Crippen LogP contribution is -2.47. The molecular formula is C21H29N7O3. The summed E-state index contributed by atoms with van der Waals surface area (Å²) >= 11 is 0. The molecule has 10 nitrogen and oxygen atoms in total. The van der Waals surface area contributed by atoms with Gasteiger partial charge in [0.25, 0.3) is 0 Å². The zero-order valence-corrected chi connectivity index (χ0v) is 18.1. The summed E-state index contributed by atoms with van der Waals surface area (Å²) in [6.07, 6.45) is 1.12. The van der Waals surface area contributed by atoms with Crippen LogP contribution < -0.4 is 16.4 Å². The number of hydrogen-bond acceptors (Lipinski definition) is 8. The van der Waals surface area contributed by atoms with E-state index >= 15 is 0 Å². The van der Waals surface area contributed by atoms with Crippen LogP contribution in [0.5, 0.6) is 0 Å². The number of ether oxygens (including phenoxy) is 1. The Morgan fingerprint density at radius 2 is 1.84 bits per heavy atom. The highest BCUT2D eigenvalue weighted by Gasteiger charge is 2.28. The van der Waals surface area contributed by atoms with Gasteiger partial charge in [-0.15, -0.1) is 0 Å². The molecule has 3 rings (SSSR count). The number of aromatic nitrogens is 3. The van der Waals surface area contributed by atoms with Crippen LogP contribution >= 0.6 is 0 Å². The molecule has 1 aliphatic rings. The number of carbonyl (C=O) groups is 2. The van der Waals surface area contributed by atoms with E-state index in [1.807, 2.05) is 45.0 Å². The van der Waals surface area contributed by atoms with Crippen molar-refractivity contribution in [2.24, 2.45) is 5.92 Å². The fraction of sp³-hybridized carbons (Fsp3) is 0.476. The molecule has 0 unspecified atom stereocenters. The van der Waals surface area contributed by atoms with E-state index < -0.39 is 0 Å². The number of benzene rings is 1. The van der Waals surface area contributed by atoms with Gasteiger partial charge in [0.15, 0.2) is 12.4 Å². The number of rotatable bonds is 6. The van der Waals surface area contributed by atoms with Gasteiger partial charge in [-0.3, -0.25) is 4.79 Å². The molecule has 2 heterocycles. The lowest BCUT2D eigenvalue weighted by Gasteiger charge is -2.31. The summed E-state index contributed by atoms with van der Waals surface area (Å²) in [6.45, 7) is 6.77. The van der Waals surface area contributed by atoms with Crippen molar-refractivity contribution in [2.75, 3.05) is 24.1 Å². The van der Waals surface area contributed by atoms with Crippen LogP contribution in [0.15, 0.2) is 24.3 Å². The molecule has 0 spiro atoms. The zero-order valence-electron chi connectivity index (χ0n) is 18.1. The maximum Gasteiger partial charge on any atom is 0.317 e. The molecule has 1 aliphatic heterocycles. The lowest BCUT2D eigenvalue weighted by atomic mass is 9.97. The van der Waals surface area contributed by atoms with Crippen molar-refractivity contribution in [1.82, 2.24) is 25.2 Å². The zero-order chi connectivity index (χ0) is 22.4. The highest BCUT2D eigenvalue weighted by Crippen LogP contribution is 2.20. The first kappa shape index (κ1) is 22.3. The molecule has 0 bridgehead atoms. The second-order valence-corrected chi connectivity index (χ2v) is 7.90. The van der Waals surface area contributed by atoms with Crippen LogP contribution in [0.1, 0.15) is 38.1 Å². The van der Waals surface area contributed by atoms with E-state index in [0.717, 1.165) is 11.3 Å². The number of hydrogen-bond donors (Lipinski definition) is 3. The molecule has 1 aromatic carbocycles. The Balaban J connectivity index is 1.51. The van der Waals surface area contributed by atoms with Crippen molar-refractivity contribution in [3.63, 3.8) is 0 Å². The van der Waals surface area contributed by atoms with E-state index in [-0.39, 0.29) is 48.3 Å². The number of anilines is 3. The highest BCUT2D eigenvalue weighted by atomic mass is 16.5. The topological polar surface area (TPSA) is 135 Å². The fourth-order valence-electron chi connectivity index (χ4n) is 3.23. The largest absolute Gasteiger partial charge is 0.457 e. The minimum absolute atomic E-state index is 0.0418. The monoisotopic (exact) mass is 427 g/mol. The molecule has 1 fully saturated rings. The summed E-state index contributed by atoms with van der Waals surface area (Å²) in [4.78, 5) is 38.6. The Morgan fingerprint density at radius 3 is 2.48 bits per heavy atom. The molecule has 10 heteroatoms. The van der Waals surface area contributed by atoms with E-state index in [0.29, 0.717) is 25.9 Å². The van der Waals surface area contributed by atoms with E-state index in [1.54, 1.807) is 4.90 Å². The van der Waals surface area contributed by atoms with Crippen LogP contribution in [-0.2, 0) is 16.1 Å². The first-order chi connectivity index (χ1) is 14.8. The van der Waals surface area contributed by atoms with Crippen molar-refractivity contribution in [1.29, 1.82) is 0 Å². The van der Waals surface area contributed by atoms with Crippen LogP contribution in [0.2, 0.25) is 0 Å². The second-order valence-electron chi connectivity index (χ2n) is 7.90. The van der Waals surface area contributed by atoms with Crippen molar-refractivity contribution in [2.45, 2.75) is 46.3 Å². The van der Waals surface area contributed by atoms with Crippen LogP contribution in [-0.4, -0.2) is 51.0 Å². The van der Waals surface area contributed by atoms with Gasteiger partial charge in [-0.1, -0.05) is 17.7 Å². The van der Waals surface area contributed by atoms with Gasteiger partial charge in [-0.2, -0.15) is 15.0 Å². The van der Waals surface area contributed by atoms with Crippen LogP contribution in [0.3, 0.4) is 0 Å². The molecule has 166 valence electrons. The molecule has 1 aromatic heterocycles. The predicted octanol–water partition coefficient (Wildman–Crippen LogP) is 2.38. The third-order valence-electron chi connectivity index (χ3n) is 4.88. The van der Waals surface area contributed by atoms with Crippen molar-refractivity contribution >= 4 is 29.6 Å². The van der Waals surface area contributed by atoms with E-state index in [1.165, 1.54) is 0 Å². The number of esters is 1. The molecule has 0 aliphatic carbocycles. The summed E-state index contributed by atoms with van der Waals surface area (Å²) in [5.74, 6) is 0.0135. The van der Waals surface area contributed by atoms with E-state index in [4.69, 9.17) is 10.5 Å². The van der Waals surface area contributed by atoms with Gasteiger partial charge in [0.2, 0.25) is 11.9 Å². The lowest BCUT2D eigenvalue weighted by molar-refractivity contribution is -0.151. The molecular weight excluding hydrogens is 398 g/mol. The molecule has 0 radical (unpaired) electrons. The van der Waals surface area contributed by atoms with Crippen molar-refractivity contribution in [3.8, 4) is 0 Å². The number of amides is 2. The number of nitrogen functional groups attached to an aromatic ring is 1. The first-order valence-corrected chi connectivity index (χ1v) is 10.4. The summed E-state index contributed by atoms with van der Waals surface area (Å²) in [5, 5.41) is 5.93. The minimum atomic E-state index is -0.323. The molecule has 2 aromatic rings. The number of nitrogens with two attached hydrogens (primary N) is 1. The SMILES string of the molecule is Cc1ccc(Nc2nc(N)nc(COC(=O)C3CCN(C(=O)NC(C)C)CC3)n2)cc1. The first-order valence-electron chi connectivity index (χ1n) is 10.4. The predicted molar refractivity (Wildman–Crippen MR) is 116 cm³/mol. The van der Waals surface area contributed by atoms with Crippen LogP contribution in [0.25, 0.3) is 0 Å². The third kappa shape index (κ3) is 6.53. The molecule has 2 amide bonds. The maximum absolute atomic E-state index is 12.5. The van der Waals surface area contributed by atoms with Crippen LogP contribution in [0.4, 0.5) is 22.4 Å². The number of urea groups is 1. The molecule has 1 saturated heterocycles. The number of nitrogens with one attached hydrogen (secondary N) is 2. The summed E-state index contributed by atoms with van der Waals surface area (Å²) in [5.41, 5.74) is 7.73. The maximum atomic E-state index is 12.5. The number of nitrogens with zero attached hydrogens (tertiary/aromatic N) is 4. The molecule has 31 heavy (non-hydrogen) atoms. The average Bonchev–Trinajstić information content (AvgIpc) is 2.73. The quantitative estimate of drug-likeness (QED) is 0.598. The Labute approximate surface area is 181 Å². The average molecular weight is 428 g/mol. The summed E-state index contributed by atoms with van der Waals surface area (Å²) in [7, 11) is 0. The van der Waals surface area contributed by atoms with Gasteiger partial charge in [0, 0.05) is 24.8 Å². The highest BCUT2D eigenvalue weighted by molar-refractivity contribution is 5.76. The van der Waals surface area contributed by atoms with Gasteiger partial charge in [-0.25, -0.2) is 4.79 Å². The van der Waals surface area contributed by atoms with E-state index in [2.05, 4.69) is 25.6 Å². The minimum Gasteiger partial charge on any atom is -0.457 e. The van der Waals surface area contributed by atoms with Gasteiger partial charge in [-0.05, 0) is 45.7 Å². The van der Waals surface area contributed by atoms with Crippen LogP contribution in [0, 0.1) is 12.8 Å². The fourth-order valence-corrected chi connectivity index (χ4v) is 3.23. The Morgan fingerprint density at radius 1 is 1.16 bits per heavy atom. The number of aryl methyl sites for hydroxylation is 1. The Hall–Kier alpha value is -3.43. The Kier molecular flexibility index (Phi) is 7.22. The van der Waals surface area contributed by atoms with Gasteiger partial charge in [0.1, 0.15) is 0 Å². The van der Waals surface area contributed by atoms with Crippen molar-refractivity contribution < 1.29 is 14.3 Å². The third-order valence-corrected chi connectivity index (χ3v) is 4.88. The summed E-state index contributed by atoms with van der Waals surface area (Å²) in [6, 6.07) is 7.72. The van der Waals surface area contributed by atoms with E-state index in [9.17, 15) is 9.59 Å². The summed E-state index contributed by atoms with van der Waals surface area (Å²) < 4.78 is 5.41. The molecule has 0 saturated carbocycles. The standard InChI is InChI=1S/C21H29N7O3/c1-13(2)23-21(30)28-10-8-15(9-11-28)18(29)31-12-17-25-19(22)27-20(26-17)24-16-6-4-14(3)5-7-16/h4-7,13,15H,8-12H2,1-3H3,(H,23,30)(H3,22,24,25,26,27). The van der Waals surface area contributed by atoms with Gasteiger partial charge >= 0.3 is 12.0 Å². The molecule has 4 N–H and O–H groups in total. The number of likely N-dealkylation sites (tertiary alicyclic amines) is 1. The normalized spacial score (nSPS) is 14.4.